The first-order valence-electron chi connectivity index (χ1n) is 11.2. The molecule has 37 heavy (non-hydrogen) atoms. The minimum Gasteiger partial charge on any atom is -0.503 e. The van der Waals surface area contributed by atoms with Gasteiger partial charge in [0.1, 0.15) is 17.9 Å². The minimum atomic E-state index is -3.42. The topological polar surface area (TPSA) is 66.4 Å². The first kappa shape index (κ1) is 28.1. The number of hydrogen-bond acceptors (Lipinski definition) is 6. The minimum absolute atomic E-state index is 0.0120. The van der Waals surface area contributed by atoms with Gasteiger partial charge in [-0.05, 0) is 48.2 Å². The highest BCUT2D eigenvalue weighted by Crippen LogP contribution is 2.34. The van der Waals surface area contributed by atoms with Crippen molar-refractivity contribution in [1.82, 2.24) is 0 Å². The van der Waals surface area contributed by atoms with Gasteiger partial charge >= 0.3 is 10.1 Å². The number of carbonyl (C=O) groups is 1. The van der Waals surface area contributed by atoms with E-state index in [1.54, 1.807) is 37.3 Å². The van der Waals surface area contributed by atoms with Crippen LogP contribution in [0.1, 0.15) is 29.2 Å². The monoisotopic (exact) mass is 621 g/mol. The Bertz CT molecular complexity index is 1300. The van der Waals surface area contributed by atoms with E-state index in [4.69, 9.17) is 19.0 Å². The molecule has 194 valence electrons. The van der Waals surface area contributed by atoms with Gasteiger partial charge in [0.05, 0.1) is 48.8 Å². The van der Waals surface area contributed by atoms with Crippen molar-refractivity contribution in [2.24, 2.45) is 5.16 Å². The van der Waals surface area contributed by atoms with E-state index < -0.39 is 10.1 Å². The summed E-state index contributed by atoms with van der Waals surface area (Å²) in [6.07, 6.45) is 1.31. The lowest BCUT2D eigenvalue weighted by Crippen LogP contribution is -2.17. The first-order chi connectivity index (χ1) is 17.6. The number of benzene rings is 3. The highest BCUT2D eigenvalue weighted by molar-refractivity contribution is 14.1. The van der Waals surface area contributed by atoms with E-state index in [2.05, 4.69) is 5.16 Å². The third-order valence-corrected chi connectivity index (χ3v) is 5.68. The van der Waals surface area contributed by atoms with Crippen LogP contribution in [-0.4, -0.2) is 30.0 Å². The zero-order valence-corrected chi connectivity index (χ0v) is 22.9. The van der Waals surface area contributed by atoms with Crippen molar-refractivity contribution in [3.63, 3.8) is 0 Å². The number of nitrogens with zero attached hydrogens (tertiary/aromatic N) is 1. The van der Waals surface area contributed by atoms with Gasteiger partial charge in [0.25, 0.3) is 0 Å². The summed E-state index contributed by atoms with van der Waals surface area (Å²) >= 11 is 0.931. The van der Waals surface area contributed by atoms with Crippen LogP contribution in [0.2, 0.25) is 0 Å². The predicted molar refractivity (Wildman–Crippen MR) is 147 cm³/mol. The van der Waals surface area contributed by atoms with E-state index in [0.717, 1.165) is 39.3 Å². The molecule has 3 rings (SSSR count). The summed E-state index contributed by atoms with van der Waals surface area (Å²) in [5, 5.41) is 4.16. The number of aryl methyl sites for hydroxylation is 1. The van der Waals surface area contributed by atoms with Crippen molar-refractivity contribution in [3.05, 3.63) is 95.2 Å². The quantitative estimate of drug-likeness (QED) is 0.0459. The molecule has 9 heteroatoms. The molecule has 0 spiro atoms. The zero-order valence-electron chi connectivity index (χ0n) is 20.8. The lowest BCUT2D eigenvalue weighted by molar-refractivity contribution is -0.133. The van der Waals surface area contributed by atoms with Crippen LogP contribution in [0.25, 0.3) is 16.7 Å². The van der Waals surface area contributed by atoms with E-state index in [1.165, 1.54) is 20.5 Å². The molecule has 0 unspecified atom stereocenters. The zero-order chi connectivity index (χ0) is 27.0. The standard InChI is InChI=1S/C28H26F2INO5/c1-18-9-8-12-23(25(16-34-3)27(33)35-4)24(18)17-36-32-19(2)22-14-13-21(20-10-6-5-7-11-20)15-26(22)37-28(29,30)31/h5-16H,17H2,1-4H3/b25-16+,32-19+. The van der Waals surface area contributed by atoms with Crippen LogP contribution in [-0.2, 0) is 25.7 Å². The van der Waals surface area contributed by atoms with Gasteiger partial charge in [0.2, 0.25) is 0 Å². The summed E-state index contributed by atoms with van der Waals surface area (Å²) < 4.78 is 39.1. The van der Waals surface area contributed by atoms with Gasteiger partial charge in [0.15, 0.2) is 0 Å². The average Bonchev–Trinajstić information content (AvgIpc) is 2.87. The highest BCUT2D eigenvalue weighted by Gasteiger charge is 2.28. The van der Waals surface area contributed by atoms with Crippen LogP contribution < -0.4 is 4.74 Å². The molecule has 0 N–H and O–H groups in total. The third kappa shape index (κ3) is 7.51. The smallest absolute Gasteiger partial charge is 0.451 e. The molecule has 0 aromatic heterocycles. The molecule has 0 atom stereocenters. The summed E-state index contributed by atoms with van der Waals surface area (Å²) in [5.74, 6) is -0.591. The molecule has 0 fully saturated rings. The van der Waals surface area contributed by atoms with Crippen LogP contribution in [0.15, 0.2) is 78.1 Å². The first-order valence-corrected chi connectivity index (χ1v) is 12.2. The maximum atomic E-state index is 13.8. The molecule has 3 aromatic rings. The number of oxime groups is 1. The van der Waals surface area contributed by atoms with Gasteiger partial charge in [-0.15, -0.1) is 0 Å². The van der Waals surface area contributed by atoms with Crippen molar-refractivity contribution < 1.29 is 32.6 Å². The van der Waals surface area contributed by atoms with E-state index in [1.807, 2.05) is 43.3 Å². The molecule has 6 nitrogen and oxygen atoms in total. The van der Waals surface area contributed by atoms with Crippen LogP contribution in [0.4, 0.5) is 8.78 Å². The van der Waals surface area contributed by atoms with Crippen molar-refractivity contribution in [2.45, 2.75) is 24.6 Å². The summed E-state index contributed by atoms with van der Waals surface area (Å²) in [4.78, 5) is 17.9. The number of methoxy groups -OCH3 is 2. The number of halogens is 3. The van der Waals surface area contributed by atoms with Crippen molar-refractivity contribution in [2.75, 3.05) is 14.2 Å². The lowest BCUT2D eigenvalue weighted by atomic mass is 9.97. The fourth-order valence-electron chi connectivity index (χ4n) is 3.68. The molecule has 0 amide bonds. The lowest BCUT2D eigenvalue weighted by Gasteiger charge is -2.17. The summed E-state index contributed by atoms with van der Waals surface area (Å²) in [6, 6.07) is 19.8. The molecule has 0 aliphatic heterocycles. The summed E-state index contributed by atoms with van der Waals surface area (Å²) in [5.41, 5.74) is 4.63. The fraction of sp³-hybridized carbons (Fsp3) is 0.214. The molecular weight excluding hydrogens is 595 g/mol. The Kier molecular flexibility index (Phi) is 9.62. The molecule has 0 saturated heterocycles. The number of hydrogen-bond donors (Lipinski definition) is 0. The normalized spacial score (nSPS) is 12.2. The maximum absolute atomic E-state index is 13.8. The van der Waals surface area contributed by atoms with Crippen molar-refractivity contribution in [1.29, 1.82) is 0 Å². The molecule has 0 radical (unpaired) electrons. The van der Waals surface area contributed by atoms with E-state index >= 15 is 0 Å². The van der Waals surface area contributed by atoms with Crippen molar-refractivity contribution in [3.8, 4) is 16.9 Å². The van der Waals surface area contributed by atoms with E-state index in [0.29, 0.717) is 22.4 Å². The molecular formula is C28H26F2INO5. The van der Waals surface area contributed by atoms with Gasteiger partial charge in [-0.25, -0.2) is 4.79 Å². The van der Waals surface area contributed by atoms with Crippen LogP contribution >= 0.6 is 22.6 Å². The molecule has 0 aliphatic carbocycles. The number of ether oxygens (including phenoxy) is 3. The number of alkyl halides is 3. The Morgan fingerprint density at radius 2 is 1.73 bits per heavy atom. The molecule has 0 aliphatic rings. The molecule has 3 aromatic carbocycles. The Morgan fingerprint density at radius 1 is 1.00 bits per heavy atom. The molecule has 0 bridgehead atoms. The third-order valence-electron chi connectivity index (χ3n) is 5.46. The molecule has 0 heterocycles. The highest BCUT2D eigenvalue weighted by atomic mass is 127. The Morgan fingerprint density at radius 3 is 2.38 bits per heavy atom. The Balaban J connectivity index is 1.92. The Labute approximate surface area is 228 Å². The summed E-state index contributed by atoms with van der Waals surface area (Å²) in [6.45, 7) is 3.52. The second-order valence-corrected chi connectivity index (χ2v) is 9.19. The average molecular weight is 621 g/mol. The van der Waals surface area contributed by atoms with Crippen LogP contribution in [0, 0.1) is 6.92 Å². The SMILES string of the molecule is CO/C=C(/C(=O)OC)c1cccc(C)c1CO/N=C(\C)c1ccc(-c2ccccc2)cc1OC(F)(F)I. The summed E-state index contributed by atoms with van der Waals surface area (Å²) in [7, 11) is 2.72. The number of rotatable bonds is 10. The van der Waals surface area contributed by atoms with Gasteiger partial charge in [-0.3, -0.25) is 0 Å². The largest absolute Gasteiger partial charge is 0.503 e. The number of carbonyl (C=O) groups excluding carboxylic acids is 1. The van der Waals surface area contributed by atoms with Crippen LogP contribution in [0.5, 0.6) is 5.75 Å². The second-order valence-electron chi connectivity index (χ2n) is 7.93. The van der Waals surface area contributed by atoms with Gasteiger partial charge in [-0.2, -0.15) is 8.78 Å². The van der Waals surface area contributed by atoms with Gasteiger partial charge in [0, 0.05) is 11.1 Å². The van der Waals surface area contributed by atoms with Gasteiger partial charge in [-0.1, -0.05) is 59.8 Å². The van der Waals surface area contributed by atoms with Gasteiger partial charge < -0.3 is 19.0 Å². The Hall–Kier alpha value is -3.47. The second kappa shape index (κ2) is 12.7. The predicted octanol–water partition coefficient (Wildman–Crippen LogP) is 7.13. The number of esters is 1. The van der Waals surface area contributed by atoms with E-state index in [9.17, 15) is 13.6 Å². The van der Waals surface area contributed by atoms with E-state index in [-0.39, 0.29) is 17.9 Å². The molecule has 0 saturated carbocycles. The maximum Gasteiger partial charge on any atom is 0.451 e. The van der Waals surface area contributed by atoms with Crippen LogP contribution in [0.3, 0.4) is 0 Å². The fourth-order valence-corrected chi connectivity index (χ4v) is 3.92. The van der Waals surface area contributed by atoms with Crippen molar-refractivity contribution >= 4 is 39.8 Å².